The number of epoxide rings is 1. The Morgan fingerprint density at radius 1 is 0.333 bits per heavy atom. The predicted octanol–water partition coefficient (Wildman–Crippen LogP) is 7.39. The van der Waals surface area contributed by atoms with Gasteiger partial charge in [0.05, 0.1) is 12.2 Å². The largest absolute Gasteiger partial charge is 0.653 e. The molecule has 1 saturated carbocycles. The highest BCUT2D eigenvalue weighted by molar-refractivity contribution is 7.04. The van der Waals surface area contributed by atoms with Gasteiger partial charge in [-0.25, -0.2) is 0 Å². The van der Waals surface area contributed by atoms with Crippen molar-refractivity contribution in [3.63, 3.8) is 0 Å². The molecule has 402 valence electrons. The normalized spacial score (nSPS) is 41.7. The zero-order chi connectivity index (χ0) is 51.8. The number of hydrogen-bond donors (Lipinski definition) is 0. The molecule has 1 aliphatic carbocycles. The zero-order valence-corrected chi connectivity index (χ0v) is 61.2. The van der Waals surface area contributed by atoms with Gasteiger partial charge in [-0.05, 0) is 182 Å². The molecule has 7 saturated heterocycles. The molecule has 8 fully saturated rings. The summed E-state index contributed by atoms with van der Waals surface area (Å²) >= 11 is 0. The van der Waals surface area contributed by atoms with E-state index in [0.29, 0.717) is 18.1 Å². The molecule has 0 spiro atoms. The second kappa shape index (κ2) is 18.9. The molecule has 4 unspecified atom stereocenters. The minimum atomic E-state index is -5.26. The fourth-order valence-electron chi connectivity index (χ4n) is 8.14. The molecule has 0 aromatic carbocycles. The standard InChI is InChI=1S/C31H82O22Si16/c1-32-61(23,27-26-29-24-25-30-31(28-29)33-30)41-69-51-66(38-58(14,15)16)45-63(35-55(5,6)7)42-62(34-54(2,3)4)43-64(47-66,36-56(8,9)10)49-68(53-69,40-60(20,21)22)50-65(44-62,37-57(11,12)13)48-67(46-63,52-69)39-59(17,18)19/h29-31H,24-28H2,1-23H3. The maximum Gasteiger partial charge on any atom is 0.653 e. The van der Waals surface area contributed by atoms with E-state index in [-0.39, 0.29) is 6.10 Å². The van der Waals surface area contributed by atoms with E-state index >= 15 is 0 Å². The van der Waals surface area contributed by atoms with Crippen molar-refractivity contribution in [3.05, 3.63) is 0 Å². The van der Waals surface area contributed by atoms with Gasteiger partial charge in [0.25, 0.3) is 0 Å². The Balaban J connectivity index is 1.60. The summed E-state index contributed by atoms with van der Waals surface area (Å²) in [6.07, 6.45) is 4.41. The molecule has 0 aromatic heterocycles. The average Bonchev–Trinajstić information content (AvgIpc) is 3.76. The summed E-state index contributed by atoms with van der Waals surface area (Å²) in [5.74, 6) is 0.377. The quantitative estimate of drug-likeness (QED) is 0.0860. The molecule has 8 rings (SSSR count). The van der Waals surface area contributed by atoms with Gasteiger partial charge in [-0.2, -0.15) is 0 Å². The third-order valence-corrected chi connectivity index (χ3v) is 62.8. The maximum absolute atomic E-state index is 7.59. The van der Waals surface area contributed by atoms with Crippen LogP contribution in [0, 0.1) is 5.92 Å². The van der Waals surface area contributed by atoms with Gasteiger partial charge in [0.2, 0.25) is 0 Å². The Morgan fingerprint density at radius 2 is 0.565 bits per heavy atom. The molecule has 22 nitrogen and oxygen atoms in total. The summed E-state index contributed by atoms with van der Waals surface area (Å²) in [5.41, 5.74) is 0. The van der Waals surface area contributed by atoms with Crippen LogP contribution in [0.1, 0.15) is 25.7 Å². The fraction of sp³-hybridized carbons (Fsp3) is 1.00. The SMILES string of the molecule is CO[Si](C)(CCC1CCC2OC2C1)O[Si]12O[Si]3(O[Si](C)(C)C)O[Si]4(O[Si](C)(C)C)O[Si]5(O[Si](C)(C)C)O[Si](O[Si](C)(C)C)(O3)O[Si](O[Si](C)(C)C)(O[Si](O[Si](C)(C)C)(O5)O[Si](O[Si](C)(C)C)(O4)O1)O2. The van der Waals surface area contributed by atoms with Crippen LogP contribution in [-0.4, -0.2) is 158 Å². The monoisotopic (exact) mass is 1250 g/mol. The Labute approximate surface area is 428 Å². The summed E-state index contributed by atoms with van der Waals surface area (Å²) < 4.78 is 160. The van der Waals surface area contributed by atoms with E-state index in [1.807, 2.05) is 144 Å². The Bertz CT molecular complexity index is 1710. The topological polar surface area (TPSA) is 206 Å². The van der Waals surface area contributed by atoms with Crippen LogP contribution >= 0.6 is 0 Å². The van der Waals surface area contributed by atoms with Crippen molar-refractivity contribution in [2.75, 3.05) is 7.11 Å². The van der Waals surface area contributed by atoms with Gasteiger partial charge in [0.1, 0.15) is 0 Å². The fourth-order valence-corrected chi connectivity index (χ4v) is 73.8. The molecule has 0 aromatic rings. The highest BCUT2D eigenvalue weighted by Gasteiger charge is 2.92. The molecule has 8 bridgehead atoms. The third kappa shape index (κ3) is 15.5. The second-order valence-corrected chi connectivity index (χ2v) is 82.7. The van der Waals surface area contributed by atoms with Crippen molar-refractivity contribution in [1.82, 2.24) is 0 Å². The first-order chi connectivity index (χ1) is 30.7. The molecule has 7 heterocycles. The lowest BCUT2D eigenvalue weighted by molar-refractivity contribution is -0.130. The first-order valence-electron chi connectivity index (χ1n) is 24.0. The van der Waals surface area contributed by atoms with Gasteiger partial charge in [0.15, 0.2) is 58.2 Å². The predicted molar refractivity (Wildman–Crippen MR) is 285 cm³/mol. The molecule has 0 amide bonds. The van der Waals surface area contributed by atoms with Crippen molar-refractivity contribution in [1.29, 1.82) is 0 Å². The minimum Gasteiger partial charge on any atom is -0.398 e. The Kier molecular flexibility index (Phi) is 16.2. The Morgan fingerprint density at radius 3 is 0.768 bits per heavy atom. The van der Waals surface area contributed by atoms with E-state index in [9.17, 15) is 0 Å². The number of fused-ring (bicyclic) bond motifs is 1. The van der Waals surface area contributed by atoms with Crippen LogP contribution in [0.25, 0.3) is 0 Å². The summed E-state index contributed by atoms with van der Waals surface area (Å²) in [5, 5.41) is 0. The van der Waals surface area contributed by atoms with Crippen LogP contribution in [0.3, 0.4) is 0 Å². The molecule has 7 aliphatic heterocycles. The van der Waals surface area contributed by atoms with E-state index in [2.05, 4.69) is 0 Å². The van der Waals surface area contributed by atoms with Crippen LogP contribution in [0.4, 0.5) is 0 Å². The first-order valence-corrected chi connectivity index (χ1v) is 63.4. The van der Waals surface area contributed by atoms with E-state index in [0.717, 1.165) is 25.7 Å². The number of rotatable bonds is 20. The van der Waals surface area contributed by atoms with E-state index in [4.69, 9.17) is 91.5 Å². The number of hydrogen-bond acceptors (Lipinski definition) is 22. The third-order valence-electron chi connectivity index (χ3n) is 9.91. The first kappa shape index (κ1) is 59.3. The summed E-state index contributed by atoms with van der Waals surface area (Å²) in [7, 11) is -63.2. The van der Waals surface area contributed by atoms with Crippen molar-refractivity contribution < 1.29 is 91.5 Å². The highest BCUT2D eigenvalue weighted by Crippen LogP contribution is 2.53. The molecule has 8 aliphatic rings. The van der Waals surface area contributed by atoms with Crippen molar-refractivity contribution in [2.24, 2.45) is 5.92 Å². The van der Waals surface area contributed by atoms with Gasteiger partial charge >= 0.3 is 80.9 Å². The second-order valence-electron chi connectivity index (χ2n) is 25.6. The average molecular weight is 1260 g/mol. The van der Waals surface area contributed by atoms with Crippen LogP contribution in [-0.2, 0) is 91.5 Å². The molecule has 4 atom stereocenters. The minimum absolute atomic E-state index is 0.284. The van der Waals surface area contributed by atoms with Crippen molar-refractivity contribution >= 4 is 139 Å². The van der Waals surface area contributed by atoms with Gasteiger partial charge < -0.3 is 91.5 Å². The highest BCUT2D eigenvalue weighted by atomic mass is 28.7. The van der Waals surface area contributed by atoms with Gasteiger partial charge in [-0.15, -0.1) is 0 Å². The summed E-state index contributed by atoms with van der Waals surface area (Å²) in [6, 6.07) is 0.502. The van der Waals surface area contributed by atoms with E-state index in [1.54, 1.807) is 7.11 Å². The lowest BCUT2D eigenvalue weighted by atomic mass is 9.88. The molecule has 69 heavy (non-hydrogen) atoms. The Hall–Kier alpha value is 2.59. The summed E-state index contributed by atoms with van der Waals surface area (Å²) in [6.45, 7) is 43.1. The van der Waals surface area contributed by atoms with Crippen LogP contribution in [0.15, 0.2) is 0 Å². The number of ether oxygens (including phenoxy) is 1. The van der Waals surface area contributed by atoms with E-state index < -0.39 is 139 Å². The van der Waals surface area contributed by atoms with Crippen molar-refractivity contribution in [2.45, 2.75) is 188 Å². The van der Waals surface area contributed by atoms with E-state index in [1.165, 1.54) is 0 Å². The molecule has 38 heteroatoms. The van der Waals surface area contributed by atoms with Gasteiger partial charge in [-0.1, -0.05) is 0 Å². The van der Waals surface area contributed by atoms with Gasteiger partial charge in [0, 0.05) is 7.11 Å². The molecular formula is C31H82O22Si16. The smallest absolute Gasteiger partial charge is 0.398 e. The lowest BCUT2D eigenvalue weighted by Crippen LogP contribution is -2.93. The molecular weight excluding hydrogens is 1170 g/mol. The van der Waals surface area contributed by atoms with Crippen LogP contribution in [0.5, 0.6) is 0 Å². The maximum atomic E-state index is 7.59. The van der Waals surface area contributed by atoms with Crippen molar-refractivity contribution in [3.8, 4) is 0 Å². The molecule has 0 radical (unpaired) electrons. The molecule has 0 N–H and O–H groups in total. The zero-order valence-electron chi connectivity index (χ0n) is 45.2. The van der Waals surface area contributed by atoms with Crippen LogP contribution in [0.2, 0.25) is 150 Å². The van der Waals surface area contributed by atoms with Gasteiger partial charge in [-0.3, -0.25) is 0 Å². The lowest BCUT2D eigenvalue weighted by Gasteiger charge is -2.60. The van der Waals surface area contributed by atoms with Crippen LogP contribution < -0.4 is 0 Å². The summed E-state index contributed by atoms with van der Waals surface area (Å²) in [4.78, 5) is 0.